The van der Waals surface area contributed by atoms with E-state index in [0.717, 1.165) is 45.2 Å². The van der Waals surface area contributed by atoms with Gasteiger partial charge in [-0.25, -0.2) is 0 Å². The maximum Gasteiger partial charge on any atom is 0.222 e. The van der Waals surface area contributed by atoms with Crippen molar-refractivity contribution < 1.29 is 4.79 Å². The second-order valence-electron chi connectivity index (χ2n) is 6.26. The number of hydrogen-bond donors (Lipinski definition) is 0. The summed E-state index contributed by atoms with van der Waals surface area (Å²) >= 11 is 0. The number of nitriles is 1. The van der Waals surface area contributed by atoms with Crippen LogP contribution in [0.3, 0.4) is 0 Å². The molecule has 0 spiro atoms. The van der Waals surface area contributed by atoms with E-state index in [1.165, 1.54) is 0 Å². The molecule has 1 heterocycles. The molecular formula is C15H25N3O. The fourth-order valence-corrected chi connectivity index (χ4v) is 3.38. The molecule has 0 aromatic rings. The summed E-state index contributed by atoms with van der Waals surface area (Å²) in [4.78, 5) is 16.6. The number of carbonyl (C=O) groups is 1. The summed E-state index contributed by atoms with van der Waals surface area (Å²) in [6.45, 7) is 2.18. The van der Waals surface area contributed by atoms with Crippen LogP contribution in [0, 0.1) is 23.2 Å². The maximum atomic E-state index is 12.3. The molecule has 0 N–H and O–H groups in total. The third-order valence-corrected chi connectivity index (χ3v) is 4.77. The Morgan fingerprint density at radius 3 is 2.53 bits per heavy atom. The van der Waals surface area contributed by atoms with Crippen molar-refractivity contribution in [2.24, 2.45) is 11.8 Å². The molecule has 106 valence electrons. The highest BCUT2D eigenvalue weighted by molar-refractivity contribution is 5.76. The van der Waals surface area contributed by atoms with E-state index in [1.54, 1.807) is 0 Å². The minimum atomic E-state index is 0.211. The molecule has 1 unspecified atom stereocenters. The summed E-state index contributed by atoms with van der Waals surface area (Å²) in [5.74, 6) is 1.04. The van der Waals surface area contributed by atoms with Gasteiger partial charge in [0, 0.05) is 32.0 Å². The zero-order valence-electron chi connectivity index (χ0n) is 12.1. The van der Waals surface area contributed by atoms with Gasteiger partial charge in [-0.2, -0.15) is 5.26 Å². The van der Waals surface area contributed by atoms with Crippen molar-refractivity contribution in [2.75, 3.05) is 27.2 Å². The van der Waals surface area contributed by atoms with E-state index in [0.29, 0.717) is 24.3 Å². The van der Waals surface area contributed by atoms with Gasteiger partial charge < -0.3 is 9.80 Å². The first-order valence-corrected chi connectivity index (χ1v) is 7.44. The van der Waals surface area contributed by atoms with Crippen molar-refractivity contribution in [3.05, 3.63) is 0 Å². The lowest BCUT2D eigenvalue weighted by atomic mass is 9.86. The van der Waals surface area contributed by atoms with E-state index in [-0.39, 0.29) is 5.92 Å². The predicted molar refractivity (Wildman–Crippen MR) is 74.4 cm³/mol. The van der Waals surface area contributed by atoms with Gasteiger partial charge in [-0.1, -0.05) is 0 Å². The lowest BCUT2D eigenvalue weighted by Gasteiger charge is -2.33. The monoisotopic (exact) mass is 263 g/mol. The zero-order valence-corrected chi connectivity index (χ0v) is 12.1. The van der Waals surface area contributed by atoms with E-state index in [2.05, 4.69) is 18.0 Å². The van der Waals surface area contributed by atoms with Crippen LogP contribution in [0.1, 0.15) is 38.5 Å². The smallest absolute Gasteiger partial charge is 0.222 e. The number of carbonyl (C=O) groups excluding carboxylic acids is 1. The molecular weight excluding hydrogens is 238 g/mol. The molecule has 19 heavy (non-hydrogen) atoms. The Bertz CT molecular complexity index is 355. The van der Waals surface area contributed by atoms with Gasteiger partial charge in [0.05, 0.1) is 6.07 Å². The molecule has 1 saturated carbocycles. The number of rotatable bonds is 3. The molecule has 0 aromatic heterocycles. The highest BCUT2D eigenvalue weighted by Gasteiger charge is 2.29. The normalized spacial score (nSPS) is 31.9. The van der Waals surface area contributed by atoms with Crippen LogP contribution in [0.2, 0.25) is 0 Å². The van der Waals surface area contributed by atoms with E-state index in [9.17, 15) is 4.79 Å². The number of likely N-dealkylation sites (tertiary alicyclic amines) is 1. The third-order valence-electron chi connectivity index (χ3n) is 4.77. The van der Waals surface area contributed by atoms with Gasteiger partial charge in [-0.3, -0.25) is 4.79 Å². The topological polar surface area (TPSA) is 47.3 Å². The van der Waals surface area contributed by atoms with Gasteiger partial charge in [0.1, 0.15) is 0 Å². The van der Waals surface area contributed by atoms with Gasteiger partial charge in [0.2, 0.25) is 5.91 Å². The molecule has 0 aromatic carbocycles. The third kappa shape index (κ3) is 3.70. The summed E-state index contributed by atoms with van der Waals surface area (Å²) in [6, 6.07) is 2.70. The summed E-state index contributed by atoms with van der Waals surface area (Å²) in [7, 11) is 4.07. The molecule has 1 atom stereocenters. The Morgan fingerprint density at radius 2 is 2.00 bits per heavy atom. The number of amides is 1. The fraction of sp³-hybridized carbons (Fsp3) is 0.867. The molecule has 4 nitrogen and oxygen atoms in total. The molecule has 2 rings (SSSR count). The van der Waals surface area contributed by atoms with Crippen molar-refractivity contribution in [1.82, 2.24) is 9.80 Å². The predicted octanol–water partition coefficient (Wildman–Crippen LogP) is 1.87. The molecule has 4 heteroatoms. The lowest BCUT2D eigenvalue weighted by molar-refractivity contribution is -0.133. The van der Waals surface area contributed by atoms with Gasteiger partial charge in [-0.05, 0) is 51.6 Å². The average Bonchev–Trinajstić information content (AvgIpc) is 2.83. The van der Waals surface area contributed by atoms with Gasteiger partial charge >= 0.3 is 0 Å². The van der Waals surface area contributed by atoms with Crippen molar-refractivity contribution in [1.29, 1.82) is 5.26 Å². The van der Waals surface area contributed by atoms with Crippen LogP contribution in [-0.2, 0) is 4.79 Å². The largest absolute Gasteiger partial charge is 0.343 e. The van der Waals surface area contributed by atoms with Crippen molar-refractivity contribution in [2.45, 2.75) is 44.6 Å². The quantitative estimate of drug-likeness (QED) is 0.781. The van der Waals surface area contributed by atoms with E-state index < -0.39 is 0 Å². The first kappa shape index (κ1) is 14.3. The first-order valence-electron chi connectivity index (χ1n) is 7.44. The van der Waals surface area contributed by atoms with Crippen LogP contribution in [0.4, 0.5) is 0 Å². The van der Waals surface area contributed by atoms with Crippen LogP contribution in [0.25, 0.3) is 0 Å². The Balaban J connectivity index is 1.78. The van der Waals surface area contributed by atoms with Crippen molar-refractivity contribution in [3.8, 4) is 6.07 Å². The molecule has 1 aliphatic carbocycles. The van der Waals surface area contributed by atoms with E-state index >= 15 is 0 Å². The van der Waals surface area contributed by atoms with Gasteiger partial charge in [-0.15, -0.1) is 0 Å². The summed E-state index contributed by atoms with van der Waals surface area (Å²) < 4.78 is 0. The second-order valence-corrected chi connectivity index (χ2v) is 6.26. The van der Waals surface area contributed by atoms with Crippen LogP contribution in [-0.4, -0.2) is 48.9 Å². The molecule has 2 fully saturated rings. The van der Waals surface area contributed by atoms with Crippen LogP contribution in [0.5, 0.6) is 0 Å². The number of hydrogen-bond acceptors (Lipinski definition) is 3. The molecule has 1 aliphatic heterocycles. The van der Waals surface area contributed by atoms with Crippen molar-refractivity contribution in [3.63, 3.8) is 0 Å². The minimum Gasteiger partial charge on any atom is -0.343 e. The number of nitrogens with zero attached hydrogens (tertiary/aromatic N) is 3. The lowest BCUT2D eigenvalue weighted by Crippen LogP contribution is -2.40. The van der Waals surface area contributed by atoms with Crippen LogP contribution < -0.4 is 0 Å². The first-order chi connectivity index (χ1) is 9.10. The van der Waals surface area contributed by atoms with Gasteiger partial charge in [0.15, 0.2) is 0 Å². The van der Waals surface area contributed by atoms with Crippen LogP contribution >= 0.6 is 0 Å². The molecule has 0 radical (unpaired) electrons. The standard InChI is InChI=1S/C15H25N3O/c1-17-8-7-13(11-17)9-15(19)18(2)14-5-3-12(10-16)4-6-14/h12-14H,3-9,11H2,1-2H3. The second kappa shape index (κ2) is 6.38. The van der Waals surface area contributed by atoms with E-state index in [1.807, 2.05) is 11.9 Å². The SMILES string of the molecule is CN1CCC(CC(=O)N(C)C2CCC(C#N)CC2)C1. The molecule has 1 saturated heterocycles. The minimum absolute atomic E-state index is 0.211. The van der Waals surface area contributed by atoms with Crippen molar-refractivity contribution >= 4 is 5.91 Å². The average molecular weight is 263 g/mol. The summed E-state index contributed by atoms with van der Waals surface area (Å²) in [5.41, 5.74) is 0. The highest BCUT2D eigenvalue weighted by atomic mass is 16.2. The Morgan fingerprint density at radius 1 is 1.32 bits per heavy atom. The van der Waals surface area contributed by atoms with Gasteiger partial charge in [0.25, 0.3) is 0 Å². The summed E-state index contributed by atoms with van der Waals surface area (Å²) in [6.07, 6.45) is 5.72. The molecule has 0 bridgehead atoms. The molecule has 2 aliphatic rings. The van der Waals surface area contributed by atoms with E-state index in [4.69, 9.17) is 5.26 Å². The Labute approximate surface area is 116 Å². The Kier molecular flexibility index (Phi) is 4.81. The highest BCUT2D eigenvalue weighted by Crippen LogP contribution is 2.27. The fourth-order valence-electron chi connectivity index (χ4n) is 3.38. The molecule has 1 amide bonds. The summed E-state index contributed by atoms with van der Waals surface area (Å²) in [5, 5.41) is 8.90. The Hall–Kier alpha value is -1.08. The van der Waals surface area contributed by atoms with Crippen LogP contribution in [0.15, 0.2) is 0 Å². The zero-order chi connectivity index (χ0) is 13.8. The maximum absolute atomic E-state index is 12.3.